The van der Waals surface area contributed by atoms with E-state index in [0.717, 1.165) is 6.54 Å². The largest absolute Gasteiger partial charge is 0.336 e. The first kappa shape index (κ1) is 17.9. The molecule has 3 heteroatoms. The van der Waals surface area contributed by atoms with Crippen molar-refractivity contribution in [2.45, 2.75) is 65.6 Å². The summed E-state index contributed by atoms with van der Waals surface area (Å²) in [5, 5.41) is 3.90. The molecule has 3 nitrogen and oxygen atoms in total. The maximum Gasteiger partial charge on any atom is 0.0946 e. The summed E-state index contributed by atoms with van der Waals surface area (Å²) in [6.07, 6.45) is 14.3. The second-order valence-corrected chi connectivity index (χ2v) is 7.85. The fraction of sp³-hybridized carbons (Fsp3) is 0.500. The average Bonchev–Trinajstić information content (AvgIpc) is 3.10. The summed E-state index contributed by atoms with van der Waals surface area (Å²) in [6, 6.07) is 7.50. The minimum Gasteiger partial charge on any atom is -0.336 e. The van der Waals surface area contributed by atoms with Gasteiger partial charge >= 0.3 is 0 Å². The molecule has 2 aromatic rings. The molecule has 3 rings (SSSR count). The molecule has 0 amide bonds. The van der Waals surface area contributed by atoms with Crippen LogP contribution in [0.3, 0.4) is 0 Å². The van der Waals surface area contributed by atoms with Gasteiger partial charge in [-0.15, -0.1) is 0 Å². The van der Waals surface area contributed by atoms with Crippen molar-refractivity contribution in [1.29, 1.82) is 0 Å². The van der Waals surface area contributed by atoms with Gasteiger partial charge in [-0.2, -0.15) is 0 Å². The number of allylic oxidation sites excluding steroid dienone is 1. The van der Waals surface area contributed by atoms with E-state index in [1.54, 1.807) is 0 Å². The Balaban J connectivity index is 1.81. The molecule has 0 fully saturated rings. The first-order valence-corrected chi connectivity index (χ1v) is 9.47. The number of aryl methyl sites for hydroxylation is 2. The summed E-state index contributed by atoms with van der Waals surface area (Å²) in [7, 11) is 0. The van der Waals surface area contributed by atoms with Crippen LogP contribution < -0.4 is 5.32 Å². The van der Waals surface area contributed by atoms with Gasteiger partial charge in [-0.25, -0.2) is 4.98 Å². The molecule has 3 unspecified atom stereocenters. The lowest BCUT2D eigenvalue weighted by Gasteiger charge is -2.34. The Labute approximate surface area is 152 Å². The second kappa shape index (κ2) is 7.57. The number of hydrogen-bond donors (Lipinski definition) is 1. The Morgan fingerprint density at radius 3 is 2.80 bits per heavy atom. The zero-order chi connectivity index (χ0) is 17.9. The topological polar surface area (TPSA) is 29.9 Å². The van der Waals surface area contributed by atoms with Gasteiger partial charge in [0.1, 0.15) is 0 Å². The van der Waals surface area contributed by atoms with Crippen molar-refractivity contribution >= 4 is 0 Å². The Kier molecular flexibility index (Phi) is 5.43. The van der Waals surface area contributed by atoms with Crippen molar-refractivity contribution < 1.29 is 0 Å². The molecule has 1 aliphatic rings. The molecule has 0 saturated carbocycles. The number of nitrogens with zero attached hydrogens (tertiary/aromatic N) is 2. The summed E-state index contributed by atoms with van der Waals surface area (Å²) in [4.78, 5) is 4.20. The maximum absolute atomic E-state index is 4.20. The van der Waals surface area contributed by atoms with Crippen molar-refractivity contribution in [3.05, 3.63) is 65.8 Å². The summed E-state index contributed by atoms with van der Waals surface area (Å²) < 4.78 is 2.17. The molecule has 134 valence electrons. The molecule has 0 saturated heterocycles. The third-order valence-electron chi connectivity index (χ3n) is 5.73. The van der Waals surface area contributed by atoms with Gasteiger partial charge in [-0.05, 0) is 49.7 Å². The lowest BCUT2D eigenvalue weighted by atomic mass is 9.77. The lowest BCUT2D eigenvalue weighted by molar-refractivity contribution is 0.308. The summed E-state index contributed by atoms with van der Waals surface area (Å²) >= 11 is 0. The predicted octanol–water partition coefficient (Wildman–Crippen LogP) is 4.97. The third-order valence-corrected chi connectivity index (χ3v) is 5.73. The Morgan fingerprint density at radius 1 is 1.36 bits per heavy atom. The molecule has 1 aromatic carbocycles. The maximum atomic E-state index is 4.20. The van der Waals surface area contributed by atoms with E-state index in [9.17, 15) is 0 Å². The van der Waals surface area contributed by atoms with Crippen LogP contribution in [-0.2, 0) is 6.54 Å². The van der Waals surface area contributed by atoms with E-state index in [1.807, 2.05) is 18.7 Å². The van der Waals surface area contributed by atoms with E-state index in [-0.39, 0.29) is 6.04 Å². The van der Waals surface area contributed by atoms with Crippen molar-refractivity contribution in [1.82, 2.24) is 14.9 Å². The van der Waals surface area contributed by atoms with Gasteiger partial charge in [0, 0.05) is 25.0 Å². The molecule has 0 aliphatic heterocycles. The van der Waals surface area contributed by atoms with E-state index in [0.29, 0.717) is 11.5 Å². The molecular weight excluding hydrogens is 306 g/mol. The van der Waals surface area contributed by atoms with Crippen LogP contribution in [-0.4, -0.2) is 15.6 Å². The standard InChI is InChI=1S/C22H31N3/c1-5-22(4)10-8-19(9-11-22)24-21(15-25-13-12-23-16-25)20-7-6-17(2)14-18(20)3/h6-8,10,12-14,16,19,21,24H,5,9,11,15H2,1-4H3. The summed E-state index contributed by atoms with van der Waals surface area (Å²) in [5.74, 6) is 0. The summed E-state index contributed by atoms with van der Waals surface area (Å²) in [5.41, 5.74) is 4.43. The number of rotatable bonds is 6. The molecule has 1 heterocycles. The van der Waals surface area contributed by atoms with E-state index in [4.69, 9.17) is 0 Å². The van der Waals surface area contributed by atoms with Gasteiger partial charge in [0.25, 0.3) is 0 Å². The van der Waals surface area contributed by atoms with E-state index in [1.165, 1.54) is 36.0 Å². The molecule has 0 bridgehead atoms. The Morgan fingerprint density at radius 2 is 2.20 bits per heavy atom. The minimum absolute atomic E-state index is 0.287. The van der Waals surface area contributed by atoms with Crippen molar-refractivity contribution in [2.75, 3.05) is 0 Å². The van der Waals surface area contributed by atoms with Crippen LogP contribution >= 0.6 is 0 Å². The highest BCUT2D eigenvalue weighted by atomic mass is 15.1. The predicted molar refractivity (Wildman–Crippen MR) is 105 cm³/mol. The highest BCUT2D eigenvalue weighted by molar-refractivity contribution is 5.33. The molecule has 1 aliphatic carbocycles. The van der Waals surface area contributed by atoms with Gasteiger partial charge in [-0.3, -0.25) is 0 Å². The third kappa shape index (κ3) is 4.40. The van der Waals surface area contributed by atoms with Crippen LogP contribution in [0.15, 0.2) is 49.1 Å². The van der Waals surface area contributed by atoms with Crippen LogP contribution in [0.4, 0.5) is 0 Å². The van der Waals surface area contributed by atoms with E-state index < -0.39 is 0 Å². The van der Waals surface area contributed by atoms with Crippen LogP contribution in [0.25, 0.3) is 0 Å². The van der Waals surface area contributed by atoms with Crippen LogP contribution in [0.2, 0.25) is 0 Å². The van der Waals surface area contributed by atoms with Crippen LogP contribution in [0.1, 0.15) is 55.8 Å². The van der Waals surface area contributed by atoms with Gasteiger partial charge in [0.2, 0.25) is 0 Å². The lowest BCUT2D eigenvalue weighted by Crippen LogP contribution is -2.37. The number of imidazole rings is 1. The first-order valence-electron chi connectivity index (χ1n) is 9.47. The Bertz CT molecular complexity index is 717. The molecule has 25 heavy (non-hydrogen) atoms. The first-order chi connectivity index (χ1) is 12.0. The van der Waals surface area contributed by atoms with Crippen molar-refractivity contribution in [3.63, 3.8) is 0 Å². The molecule has 0 radical (unpaired) electrons. The van der Waals surface area contributed by atoms with Crippen molar-refractivity contribution in [3.8, 4) is 0 Å². The number of hydrogen-bond acceptors (Lipinski definition) is 2. The SMILES string of the molecule is CCC1(C)C=CC(NC(Cn2ccnc2)c2ccc(C)cc2C)CC1. The molecular formula is C22H31N3. The van der Waals surface area contributed by atoms with Gasteiger partial charge in [0.05, 0.1) is 12.4 Å². The highest BCUT2D eigenvalue weighted by Gasteiger charge is 2.26. The normalized spacial score (nSPS) is 24.4. The number of aromatic nitrogens is 2. The fourth-order valence-corrected chi connectivity index (χ4v) is 3.77. The highest BCUT2D eigenvalue weighted by Crippen LogP contribution is 2.34. The molecule has 1 N–H and O–H groups in total. The minimum atomic E-state index is 0.287. The quantitative estimate of drug-likeness (QED) is 0.755. The smallest absolute Gasteiger partial charge is 0.0946 e. The van der Waals surface area contributed by atoms with Crippen LogP contribution in [0, 0.1) is 19.3 Å². The zero-order valence-corrected chi connectivity index (χ0v) is 16.0. The van der Waals surface area contributed by atoms with Crippen molar-refractivity contribution in [2.24, 2.45) is 5.41 Å². The fourth-order valence-electron chi connectivity index (χ4n) is 3.77. The zero-order valence-electron chi connectivity index (χ0n) is 16.0. The Hall–Kier alpha value is -1.87. The second-order valence-electron chi connectivity index (χ2n) is 7.85. The monoisotopic (exact) mass is 337 g/mol. The number of benzene rings is 1. The number of nitrogens with one attached hydrogen (secondary N) is 1. The van der Waals surface area contributed by atoms with Gasteiger partial charge in [-0.1, -0.05) is 49.8 Å². The summed E-state index contributed by atoms with van der Waals surface area (Å²) in [6.45, 7) is 9.93. The van der Waals surface area contributed by atoms with E-state index >= 15 is 0 Å². The molecule has 0 spiro atoms. The molecule has 1 aromatic heterocycles. The molecule has 3 atom stereocenters. The van der Waals surface area contributed by atoms with Crippen LogP contribution in [0.5, 0.6) is 0 Å². The average molecular weight is 338 g/mol. The van der Waals surface area contributed by atoms with Gasteiger partial charge < -0.3 is 9.88 Å². The van der Waals surface area contributed by atoms with Gasteiger partial charge in [0.15, 0.2) is 0 Å². The van der Waals surface area contributed by atoms with E-state index in [2.05, 4.69) is 72.9 Å².